The quantitative estimate of drug-likeness (QED) is 0.738. The van der Waals surface area contributed by atoms with E-state index in [0.717, 1.165) is 16.8 Å². The lowest BCUT2D eigenvalue weighted by molar-refractivity contribution is 0.881. The first-order valence-electron chi connectivity index (χ1n) is 6.18. The van der Waals surface area contributed by atoms with Crippen molar-refractivity contribution in [3.63, 3.8) is 0 Å². The number of nitrogens with zero attached hydrogens (tertiary/aromatic N) is 3. The van der Waals surface area contributed by atoms with Gasteiger partial charge in [-0.25, -0.2) is 0 Å². The molecule has 0 saturated heterocycles. The van der Waals surface area contributed by atoms with E-state index in [1.165, 1.54) is 11.3 Å². The highest BCUT2D eigenvalue weighted by Gasteiger charge is 2.13. The summed E-state index contributed by atoms with van der Waals surface area (Å²) in [7, 11) is 0. The maximum Gasteiger partial charge on any atom is 0.204 e. The largest absolute Gasteiger partial charge is 0.378 e. The summed E-state index contributed by atoms with van der Waals surface area (Å²) in [6, 6.07) is 9.72. The molecule has 2 aromatic heterocycles. The highest BCUT2D eigenvalue weighted by molar-refractivity contribution is 7.20. The molecule has 1 unspecified atom stereocenters. The second-order valence-electron chi connectivity index (χ2n) is 4.46. The number of hydrogen-bond donors (Lipinski definition) is 2. The predicted molar refractivity (Wildman–Crippen MR) is 86.0 cm³/mol. The van der Waals surface area contributed by atoms with Crippen molar-refractivity contribution in [3.05, 3.63) is 44.6 Å². The minimum Gasteiger partial charge on any atom is -0.378 e. The number of nitrogens with one attached hydrogen (secondary N) is 2. The predicted octanol–water partition coefficient (Wildman–Crippen LogP) is 4.41. The monoisotopic (exact) mass is 339 g/mol. The van der Waals surface area contributed by atoms with E-state index in [9.17, 15) is 0 Å². The Bertz CT molecular complexity index is 741. The van der Waals surface area contributed by atoms with Crippen molar-refractivity contribution in [2.45, 2.75) is 13.0 Å². The van der Waals surface area contributed by atoms with E-state index in [2.05, 4.69) is 25.9 Å². The molecular weight excluding hydrogens is 329 g/mol. The molecule has 108 valence electrons. The van der Waals surface area contributed by atoms with Gasteiger partial charge in [0.25, 0.3) is 0 Å². The fourth-order valence-corrected chi connectivity index (χ4v) is 3.65. The van der Waals surface area contributed by atoms with Crippen LogP contribution in [0.4, 0.5) is 5.69 Å². The molecule has 0 aliphatic carbocycles. The molecule has 0 amide bonds. The van der Waals surface area contributed by atoms with Crippen molar-refractivity contribution in [1.29, 1.82) is 0 Å². The number of anilines is 1. The number of H-pyrrole nitrogens is 1. The highest BCUT2D eigenvalue weighted by Crippen LogP contribution is 2.36. The maximum absolute atomic E-state index is 6.18. The van der Waals surface area contributed by atoms with Crippen LogP contribution < -0.4 is 5.32 Å². The van der Waals surface area contributed by atoms with Gasteiger partial charge in [-0.1, -0.05) is 35.3 Å². The van der Waals surface area contributed by atoms with Crippen LogP contribution in [-0.4, -0.2) is 20.6 Å². The minimum absolute atomic E-state index is 0.0433. The van der Waals surface area contributed by atoms with Crippen molar-refractivity contribution in [2.24, 2.45) is 0 Å². The molecule has 0 radical (unpaired) electrons. The lowest BCUT2D eigenvalue weighted by Crippen LogP contribution is -2.06. The number of aromatic amines is 1. The van der Waals surface area contributed by atoms with Gasteiger partial charge in [-0.15, -0.1) is 21.5 Å². The van der Waals surface area contributed by atoms with Crippen LogP contribution in [0.5, 0.6) is 0 Å². The standard InChI is InChI=1S/C13H11Cl2N5S/c1-7(10-6-11(14)21-12(10)15)16-9-4-2-3-8(5-9)13-17-19-20-18-13/h2-7,16H,1H3,(H,17,18,19,20). The average molecular weight is 340 g/mol. The third kappa shape index (κ3) is 3.18. The Morgan fingerprint density at radius 3 is 2.81 bits per heavy atom. The molecule has 8 heteroatoms. The number of rotatable bonds is 4. The minimum atomic E-state index is 0.0433. The summed E-state index contributed by atoms with van der Waals surface area (Å²) in [5.74, 6) is 0.558. The summed E-state index contributed by atoms with van der Waals surface area (Å²) >= 11 is 13.5. The summed E-state index contributed by atoms with van der Waals surface area (Å²) in [6.07, 6.45) is 0. The highest BCUT2D eigenvalue weighted by atomic mass is 35.5. The van der Waals surface area contributed by atoms with Gasteiger partial charge in [-0.3, -0.25) is 0 Å². The zero-order valence-corrected chi connectivity index (χ0v) is 13.3. The van der Waals surface area contributed by atoms with E-state index in [1.807, 2.05) is 37.3 Å². The summed E-state index contributed by atoms with van der Waals surface area (Å²) in [4.78, 5) is 0. The second kappa shape index (κ2) is 6.01. The molecule has 0 bridgehead atoms. The van der Waals surface area contributed by atoms with Crippen molar-refractivity contribution in [3.8, 4) is 11.4 Å². The molecule has 1 atom stereocenters. The molecule has 1 aromatic carbocycles. The van der Waals surface area contributed by atoms with Gasteiger partial charge in [-0.05, 0) is 30.3 Å². The molecule has 0 fully saturated rings. The molecule has 2 heterocycles. The van der Waals surface area contributed by atoms with Crippen molar-refractivity contribution >= 4 is 40.2 Å². The number of benzene rings is 1. The normalized spacial score (nSPS) is 12.3. The van der Waals surface area contributed by atoms with Crippen LogP contribution in [0.15, 0.2) is 30.3 Å². The van der Waals surface area contributed by atoms with Crippen molar-refractivity contribution < 1.29 is 0 Å². The maximum atomic E-state index is 6.18. The molecule has 0 aliphatic rings. The van der Waals surface area contributed by atoms with Crippen LogP contribution >= 0.6 is 34.5 Å². The smallest absolute Gasteiger partial charge is 0.204 e. The van der Waals surface area contributed by atoms with Gasteiger partial charge in [0.15, 0.2) is 0 Å². The molecule has 2 N–H and O–H groups in total. The van der Waals surface area contributed by atoms with Gasteiger partial charge in [0.2, 0.25) is 5.82 Å². The first-order valence-corrected chi connectivity index (χ1v) is 7.76. The molecule has 3 rings (SSSR count). The van der Waals surface area contributed by atoms with E-state index < -0.39 is 0 Å². The lowest BCUT2D eigenvalue weighted by Gasteiger charge is -2.15. The fraction of sp³-hybridized carbons (Fsp3) is 0.154. The van der Waals surface area contributed by atoms with E-state index >= 15 is 0 Å². The van der Waals surface area contributed by atoms with E-state index in [1.54, 1.807) is 0 Å². The van der Waals surface area contributed by atoms with E-state index in [-0.39, 0.29) is 6.04 Å². The number of halogens is 2. The Morgan fingerprint density at radius 2 is 2.14 bits per heavy atom. The SMILES string of the molecule is CC(Nc1cccc(-c2nn[nH]n2)c1)c1cc(Cl)sc1Cl. The van der Waals surface area contributed by atoms with Gasteiger partial charge in [0, 0.05) is 16.8 Å². The molecule has 3 aromatic rings. The first-order chi connectivity index (χ1) is 10.1. The first kappa shape index (κ1) is 14.3. The molecule has 21 heavy (non-hydrogen) atoms. The number of hydrogen-bond acceptors (Lipinski definition) is 5. The van der Waals surface area contributed by atoms with Gasteiger partial charge in [-0.2, -0.15) is 5.21 Å². The number of tetrazole rings is 1. The van der Waals surface area contributed by atoms with E-state index in [4.69, 9.17) is 23.2 Å². The summed E-state index contributed by atoms with van der Waals surface area (Å²) in [5.41, 5.74) is 2.82. The van der Waals surface area contributed by atoms with Crippen LogP contribution in [0.3, 0.4) is 0 Å². The van der Waals surface area contributed by atoms with Crippen molar-refractivity contribution in [1.82, 2.24) is 20.6 Å². The van der Waals surface area contributed by atoms with Crippen LogP contribution in [0.1, 0.15) is 18.5 Å². The van der Waals surface area contributed by atoms with E-state index in [0.29, 0.717) is 14.5 Å². The molecule has 0 saturated carbocycles. The Kier molecular flexibility index (Phi) is 4.10. The Balaban J connectivity index is 1.82. The van der Waals surface area contributed by atoms with Gasteiger partial charge < -0.3 is 5.32 Å². The molecule has 0 spiro atoms. The Labute approximate surface area is 135 Å². The van der Waals surface area contributed by atoms with Crippen LogP contribution in [0.25, 0.3) is 11.4 Å². The summed E-state index contributed by atoms with van der Waals surface area (Å²) < 4.78 is 1.39. The van der Waals surface area contributed by atoms with Crippen LogP contribution in [0.2, 0.25) is 8.67 Å². The topological polar surface area (TPSA) is 66.5 Å². The molecule has 5 nitrogen and oxygen atoms in total. The zero-order chi connectivity index (χ0) is 14.8. The van der Waals surface area contributed by atoms with Gasteiger partial charge >= 0.3 is 0 Å². The zero-order valence-electron chi connectivity index (χ0n) is 11.0. The molecule has 0 aliphatic heterocycles. The Morgan fingerprint density at radius 1 is 1.29 bits per heavy atom. The number of aromatic nitrogens is 4. The third-order valence-corrected chi connectivity index (χ3v) is 4.52. The molecular formula is C13H11Cl2N5S. The van der Waals surface area contributed by atoms with Crippen molar-refractivity contribution in [2.75, 3.05) is 5.32 Å². The lowest BCUT2D eigenvalue weighted by atomic mass is 10.1. The van der Waals surface area contributed by atoms with Gasteiger partial charge in [0.1, 0.15) is 0 Å². The second-order valence-corrected chi connectivity index (χ2v) is 6.75. The summed E-state index contributed by atoms with van der Waals surface area (Å²) in [6.45, 7) is 2.03. The number of thiophene rings is 1. The Hall–Kier alpha value is -1.63. The van der Waals surface area contributed by atoms with Crippen LogP contribution in [0, 0.1) is 0 Å². The third-order valence-electron chi connectivity index (χ3n) is 3.00. The van der Waals surface area contributed by atoms with Gasteiger partial charge in [0.05, 0.1) is 14.7 Å². The summed E-state index contributed by atoms with van der Waals surface area (Å²) in [5, 5.41) is 17.3. The van der Waals surface area contributed by atoms with Crippen LogP contribution in [-0.2, 0) is 0 Å². The average Bonchev–Trinajstić information content (AvgIpc) is 3.08. The fourth-order valence-electron chi connectivity index (χ4n) is 2.01.